The van der Waals surface area contributed by atoms with Gasteiger partial charge in [-0.2, -0.15) is 0 Å². The minimum absolute atomic E-state index is 0.398. The molecule has 2 aromatic carbocycles. The maximum Gasteiger partial charge on any atom is 0.321 e. The van der Waals surface area contributed by atoms with Crippen molar-refractivity contribution in [2.75, 3.05) is 7.05 Å². The molecule has 0 radical (unpaired) electrons. The average molecular weight is 410 g/mol. The molecule has 29 heavy (non-hydrogen) atoms. The zero-order valence-corrected chi connectivity index (χ0v) is 17.6. The summed E-state index contributed by atoms with van der Waals surface area (Å²) in [4.78, 5) is 23.7. The summed E-state index contributed by atoms with van der Waals surface area (Å²) in [5.41, 5.74) is 4.13. The third kappa shape index (κ3) is 4.83. The Labute approximate surface area is 173 Å². The van der Waals surface area contributed by atoms with E-state index in [0.29, 0.717) is 11.0 Å². The van der Waals surface area contributed by atoms with Gasteiger partial charge in [0.25, 0.3) is 0 Å². The fraction of sp³-hybridized carbons (Fsp3) is 0.238. The lowest BCUT2D eigenvalue weighted by molar-refractivity contribution is -0.119. The third-order valence-corrected chi connectivity index (χ3v) is 5.39. The Balaban J connectivity index is 1.99. The number of thioether (sulfide) groups is 1. The molecular weight excluding hydrogens is 386 g/mol. The van der Waals surface area contributed by atoms with E-state index in [2.05, 4.69) is 20.8 Å². The third-order valence-electron chi connectivity index (χ3n) is 4.35. The predicted octanol–water partition coefficient (Wildman–Crippen LogP) is 3.49. The van der Waals surface area contributed by atoms with Gasteiger partial charge in [-0.1, -0.05) is 59.3 Å². The zero-order chi connectivity index (χ0) is 21.0. The summed E-state index contributed by atoms with van der Waals surface area (Å²) in [5, 5.41) is 13.4. The SMILES string of the molecule is CNC(=O)NC(=O)C(C)Sc1nnc(-c2ccc(C)cc2)n1-c1ccc(C)cc1. The van der Waals surface area contributed by atoms with Crippen LogP contribution < -0.4 is 10.6 Å². The summed E-state index contributed by atoms with van der Waals surface area (Å²) in [6.45, 7) is 5.78. The first-order valence-electron chi connectivity index (χ1n) is 9.17. The Morgan fingerprint density at radius 2 is 1.55 bits per heavy atom. The van der Waals surface area contributed by atoms with Gasteiger partial charge in [0.05, 0.1) is 5.25 Å². The van der Waals surface area contributed by atoms with Crippen LogP contribution in [-0.2, 0) is 4.79 Å². The molecule has 0 spiro atoms. The molecule has 150 valence electrons. The van der Waals surface area contributed by atoms with Crippen LogP contribution in [0.15, 0.2) is 53.7 Å². The van der Waals surface area contributed by atoms with E-state index < -0.39 is 17.2 Å². The van der Waals surface area contributed by atoms with Gasteiger partial charge in [0, 0.05) is 18.3 Å². The van der Waals surface area contributed by atoms with Crippen molar-refractivity contribution in [2.24, 2.45) is 0 Å². The number of rotatable bonds is 5. The van der Waals surface area contributed by atoms with Crippen LogP contribution in [0.3, 0.4) is 0 Å². The van der Waals surface area contributed by atoms with Crippen molar-refractivity contribution in [1.82, 2.24) is 25.4 Å². The first-order valence-corrected chi connectivity index (χ1v) is 10.1. The summed E-state index contributed by atoms with van der Waals surface area (Å²) in [6, 6.07) is 15.5. The van der Waals surface area contributed by atoms with Crippen LogP contribution in [0.1, 0.15) is 18.1 Å². The molecule has 1 unspecified atom stereocenters. The van der Waals surface area contributed by atoms with Gasteiger partial charge < -0.3 is 5.32 Å². The molecular formula is C21H23N5O2S. The number of hydrogen-bond donors (Lipinski definition) is 2. The van der Waals surface area contributed by atoms with Crippen molar-refractivity contribution < 1.29 is 9.59 Å². The molecule has 0 fully saturated rings. The molecule has 0 saturated carbocycles. The zero-order valence-electron chi connectivity index (χ0n) is 16.8. The van der Waals surface area contributed by atoms with Crippen LogP contribution in [-0.4, -0.2) is 39.0 Å². The molecule has 0 saturated heterocycles. The van der Waals surface area contributed by atoms with Gasteiger partial charge in [-0.25, -0.2) is 4.79 Å². The molecule has 0 aliphatic rings. The summed E-state index contributed by atoms with van der Waals surface area (Å²) in [6.07, 6.45) is 0. The molecule has 1 atom stereocenters. The number of carbonyl (C=O) groups excluding carboxylic acids is 2. The standard InChI is InChI=1S/C21H23N5O2S/c1-13-5-9-16(10-6-13)18-24-25-21(26(18)17-11-7-14(2)8-12-17)29-15(3)19(27)23-20(28)22-4/h5-12,15H,1-4H3,(H2,22,23,27,28). The first kappa shape index (κ1) is 20.6. The summed E-state index contributed by atoms with van der Waals surface area (Å²) < 4.78 is 1.93. The maximum absolute atomic E-state index is 12.3. The van der Waals surface area contributed by atoms with Gasteiger partial charge in [-0.15, -0.1) is 10.2 Å². The highest BCUT2D eigenvalue weighted by Crippen LogP contribution is 2.30. The molecule has 0 bridgehead atoms. The number of aromatic nitrogens is 3. The van der Waals surface area contributed by atoms with Crippen molar-refractivity contribution in [2.45, 2.75) is 31.2 Å². The van der Waals surface area contributed by atoms with Crippen molar-refractivity contribution in [3.8, 4) is 17.1 Å². The van der Waals surface area contributed by atoms with Gasteiger partial charge in [-0.3, -0.25) is 14.7 Å². The fourth-order valence-electron chi connectivity index (χ4n) is 2.65. The lowest BCUT2D eigenvalue weighted by atomic mass is 10.1. The normalized spacial score (nSPS) is 11.7. The van der Waals surface area contributed by atoms with Crippen LogP contribution in [0.25, 0.3) is 17.1 Å². The van der Waals surface area contributed by atoms with Gasteiger partial charge >= 0.3 is 6.03 Å². The highest BCUT2D eigenvalue weighted by molar-refractivity contribution is 8.00. The van der Waals surface area contributed by atoms with Crippen LogP contribution in [0.4, 0.5) is 4.79 Å². The molecule has 7 nitrogen and oxygen atoms in total. The van der Waals surface area contributed by atoms with E-state index in [-0.39, 0.29) is 0 Å². The molecule has 3 rings (SSSR count). The van der Waals surface area contributed by atoms with Gasteiger partial charge in [0.2, 0.25) is 5.91 Å². The van der Waals surface area contributed by atoms with Gasteiger partial charge in [-0.05, 0) is 32.9 Å². The Hall–Kier alpha value is -3.13. The second-order valence-corrected chi connectivity index (χ2v) is 7.98. The Morgan fingerprint density at radius 3 is 2.14 bits per heavy atom. The minimum atomic E-state index is -0.539. The molecule has 0 aliphatic heterocycles. The quantitative estimate of drug-likeness (QED) is 0.630. The molecule has 0 aliphatic carbocycles. The molecule has 3 amide bonds. The molecule has 2 N–H and O–H groups in total. The number of aryl methyl sites for hydroxylation is 2. The largest absolute Gasteiger partial charge is 0.341 e. The van der Waals surface area contributed by atoms with E-state index >= 15 is 0 Å². The summed E-state index contributed by atoms with van der Waals surface area (Å²) >= 11 is 1.25. The number of carbonyl (C=O) groups is 2. The second kappa shape index (κ2) is 8.91. The number of nitrogens with one attached hydrogen (secondary N) is 2. The van der Waals surface area contributed by atoms with Crippen LogP contribution >= 0.6 is 11.8 Å². The van der Waals surface area contributed by atoms with Crippen LogP contribution in [0.5, 0.6) is 0 Å². The lowest BCUT2D eigenvalue weighted by Crippen LogP contribution is -2.41. The van der Waals surface area contributed by atoms with Crippen LogP contribution in [0.2, 0.25) is 0 Å². The number of amides is 3. The van der Waals surface area contributed by atoms with Crippen LogP contribution in [0, 0.1) is 13.8 Å². The lowest BCUT2D eigenvalue weighted by Gasteiger charge is -2.14. The highest BCUT2D eigenvalue weighted by Gasteiger charge is 2.22. The minimum Gasteiger partial charge on any atom is -0.341 e. The fourth-order valence-corrected chi connectivity index (χ4v) is 3.52. The Bertz CT molecular complexity index is 1010. The summed E-state index contributed by atoms with van der Waals surface area (Å²) in [5.74, 6) is 0.292. The van der Waals surface area contributed by atoms with Crippen molar-refractivity contribution in [1.29, 1.82) is 0 Å². The average Bonchev–Trinajstić information content (AvgIpc) is 3.12. The smallest absolute Gasteiger partial charge is 0.321 e. The van der Waals surface area contributed by atoms with Crippen molar-refractivity contribution in [3.05, 3.63) is 59.7 Å². The monoisotopic (exact) mass is 409 g/mol. The highest BCUT2D eigenvalue weighted by atomic mass is 32.2. The van der Waals surface area contributed by atoms with Gasteiger partial charge in [0.15, 0.2) is 11.0 Å². The summed E-state index contributed by atoms with van der Waals surface area (Å²) in [7, 11) is 1.46. The van der Waals surface area contributed by atoms with E-state index in [1.165, 1.54) is 18.8 Å². The van der Waals surface area contributed by atoms with Crippen molar-refractivity contribution in [3.63, 3.8) is 0 Å². The van der Waals surface area contributed by atoms with E-state index in [0.717, 1.165) is 22.4 Å². The predicted molar refractivity (Wildman–Crippen MR) is 114 cm³/mol. The van der Waals surface area contributed by atoms with Crippen molar-refractivity contribution >= 4 is 23.7 Å². The number of imide groups is 1. The molecule has 1 heterocycles. The number of urea groups is 1. The molecule has 1 aromatic heterocycles. The topological polar surface area (TPSA) is 88.9 Å². The number of benzene rings is 2. The second-order valence-electron chi connectivity index (χ2n) is 6.67. The molecule has 3 aromatic rings. The maximum atomic E-state index is 12.3. The Kier molecular flexibility index (Phi) is 6.33. The van der Waals surface area contributed by atoms with E-state index in [1.807, 2.05) is 66.9 Å². The van der Waals surface area contributed by atoms with Gasteiger partial charge in [0.1, 0.15) is 0 Å². The number of nitrogens with zero attached hydrogens (tertiary/aromatic N) is 3. The Morgan fingerprint density at radius 1 is 0.966 bits per heavy atom. The number of hydrogen-bond acceptors (Lipinski definition) is 5. The van der Waals surface area contributed by atoms with E-state index in [1.54, 1.807) is 6.92 Å². The van der Waals surface area contributed by atoms with E-state index in [9.17, 15) is 9.59 Å². The molecule has 8 heteroatoms. The first-order chi connectivity index (χ1) is 13.9. The van der Waals surface area contributed by atoms with E-state index in [4.69, 9.17) is 0 Å².